The minimum Gasteiger partial charge on any atom is -0.368 e. The molecule has 1 aromatic carbocycles. The molecule has 0 heterocycles. The predicted molar refractivity (Wildman–Crippen MR) is 59.4 cm³/mol. The van der Waals surface area contributed by atoms with Gasteiger partial charge in [0.1, 0.15) is 6.61 Å². The van der Waals surface area contributed by atoms with Gasteiger partial charge in [-0.05, 0) is 5.56 Å². The van der Waals surface area contributed by atoms with Crippen molar-refractivity contribution >= 4 is 11.8 Å². The summed E-state index contributed by atoms with van der Waals surface area (Å²) >= 11 is 0. The Kier molecular flexibility index (Phi) is 5.70. The fourth-order valence-electron chi connectivity index (χ4n) is 1.05. The van der Waals surface area contributed by atoms with Gasteiger partial charge in [-0.1, -0.05) is 30.3 Å². The van der Waals surface area contributed by atoms with Crippen LogP contribution < -0.4 is 11.2 Å². The predicted octanol–water partition coefficient (Wildman–Crippen LogP) is -0.264. The van der Waals surface area contributed by atoms with Crippen LogP contribution in [0.1, 0.15) is 5.56 Å². The highest BCUT2D eigenvalue weighted by molar-refractivity contribution is 5.77. The van der Waals surface area contributed by atoms with Crippen molar-refractivity contribution in [3.05, 3.63) is 35.9 Å². The number of rotatable bonds is 7. The number of carbonyl (C=O) groups excluding carboxylic acids is 2. The van der Waals surface area contributed by atoms with E-state index < -0.39 is 11.8 Å². The van der Waals surface area contributed by atoms with Crippen LogP contribution in [0.5, 0.6) is 0 Å². The molecule has 0 atom stereocenters. The molecule has 2 amide bonds. The number of primary amides is 1. The number of benzene rings is 1. The number of hydrogen-bond donors (Lipinski definition) is 2. The van der Waals surface area contributed by atoms with Crippen LogP contribution >= 0.6 is 0 Å². The summed E-state index contributed by atoms with van der Waals surface area (Å²) in [5.74, 6) is -1.13. The highest BCUT2D eigenvalue weighted by atomic mass is 16.7. The molecule has 6 nitrogen and oxygen atoms in total. The lowest BCUT2D eigenvalue weighted by Crippen LogP contribution is -2.31. The zero-order chi connectivity index (χ0) is 12.5. The quantitative estimate of drug-likeness (QED) is 0.640. The second kappa shape index (κ2) is 7.37. The first-order chi connectivity index (χ1) is 8.18. The molecule has 0 aliphatic rings. The normalized spacial score (nSPS) is 9.88. The van der Waals surface area contributed by atoms with Crippen LogP contribution in [0.3, 0.4) is 0 Å². The number of hydroxylamine groups is 1. The molecule has 0 fully saturated rings. The maximum Gasteiger partial charge on any atom is 0.269 e. The summed E-state index contributed by atoms with van der Waals surface area (Å²) in [7, 11) is 0. The minimum absolute atomic E-state index is 0.145. The molecule has 1 rings (SSSR count). The van der Waals surface area contributed by atoms with Gasteiger partial charge in [0, 0.05) is 0 Å². The Morgan fingerprint density at radius 1 is 1.18 bits per heavy atom. The molecule has 6 heteroatoms. The van der Waals surface area contributed by atoms with Gasteiger partial charge in [0.2, 0.25) is 5.91 Å². The molecule has 0 aliphatic heterocycles. The third kappa shape index (κ3) is 6.29. The summed E-state index contributed by atoms with van der Waals surface area (Å²) in [6.45, 7) is -0.165. The van der Waals surface area contributed by atoms with E-state index in [0.717, 1.165) is 5.56 Å². The zero-order valence-electron chi connectivity index (χ0n) is 9.22. The van der Waals surface area contributed by atoms with Crippen molar-refractivity contribution in [1.29, 1.82) is 0 Å². The van der Waals surface area contributed by atoms with Crippen LogP contribution in [0.4, 0.5) is 0 Å². The Morgan fingerprint density at radius 2 is 1.88 bits per heavy atom. The van der Waals surface area contributed by atoms with E-state index in [2.05, 4.69) is 4.84 Å². The van der Waals surface area contributed by atoms with Crippen molar-refractivity contribution in [2.45, 2.75) is 6.61 Å². The van der Waals surface area contributed by atoms with E-state index in [9.17, 15) is 9.59 Å². The zero-order valence-corrected chi connectivity index (χ0v) is 9.22. The lowest BCUT2D eigenvalue weighted by atomic mass is 10.2. The number of nitrogens with two attached hydrogens (primary N) is 1. The summed E-state index contributed by atoms with van der Waals surface area (Å²) in [5.41, 5.74) is 7.81. The first-order valence-electron chi connectivity index (χ1n) is 4.99. The molecular weight excluding hydrogens is 224 g/mol. The molecule has 0 radical (unpaired) electrons. The first-order valence-corrected chi connectivity index (χ1v) is 4.99. The number of nitrogens with one attached hydrogen (secondary N) is 1. The highest BCUT2D eigenvalue weighted by Crippen LogP contribution is 1.99. The van der Waals surface area contributed by atoms with Crippen LogP contribution in [0.25, 0.3) is 0 Å². The SMILES string of the molecule is NC(=O)CONC(=O)COCc1ccccc1. The molecule has 0 spiro atoms. The fourth-order valence-corrected chi connectivity index (χ4v) is 1.05. The summed E-state index contributed by atoms with van der Waals surface area (Å²) < 4.78 is 5.13. The van der Waals surface area contributed by atoms with Gasteiger partial charge in [-0.2, -0.15) is 0 Å². The van der Waals surface area contributed by atoms with Gasteiger partial charge in [-0.15, -0.1) is 0 Å². The first kappa shape index (κ1) is 13.1. The third-order valence-corrected chi connectivity index (χ3v) is 1.75. The molecule has 0 bridgehead atoms. The molecule has 0 aliphatic carbocycles. The van der Waals surface area contributed by atoms with Crippen molar-refractivity contribution in [1.82, 2.24) is 5.48 Å². The largest absolute Gasteiger partial charge is 0.368 e. The van der Waals surface area contributed by atoms with Crippen molar-refractivity contribution in [3.63, 3.8) is 0 Å². The fraction of sp³-hybridized carbons (Fsp3) is 0.273. The van der Waals surface area contributed by atoms with E-state index in [1.165, 1.54) is 0 Å². The van der Waals surface area contributed by atoms with Crippen LogP contribution in [0, 0.1) is 0 Å². The number of carbonyl (C=O) groups is 2. The molecule has 0 saturated carbocycles. The van der Waals surface area contributed by atoms with Gasteiger partial charge in [0.15, 0.2) is 6.61 Å². The average molecular weight is 238 g/mol. The van der Waals surface area contributed by atoms with Crippen LogP contribution in [-0.2, 0) is 25.8 Å². The van der Waals surface area contributed by atoms with Gasteiger partial charge in [0.05, 0.1) is 6.61 Å². The van der Waals surface area contributed by atoms with Crippen molar-refractivity contribution in [2.75, 3.05) is 13.2 Å². The molecule has 0 saturated heterocycles. The second-order valence-electron chi connectivity index (χ2n) is 3.26. The summed E-state index contributed by atoms with van der Waals surface area (Å²) in [4.78, 5) is 25.9. The van der Waals surface area contributed by atoms with E-state index >= 15 is 0 Å². The molecular formula is C11H14N2O4. The Balaban J connectivity index is 2.10. The number of ether oxygens (including phenoxy) is 1. The lowest BCUT2D eigenvalue weighted by molar-refractivity contribution is -0.142. The van der Waals surface area contributed by atoms with E-state index in [0.29, 0.717) is 6.61 Å². The average Bonchev–Trinajstić information content (AvgIpc) is 2.30. The Hall–Kier alpha value is -1.92. The van der Waals surface area contributed by atoms with E-state index in [1.54, 1.807) is 0 Å². The lowest BCUT2D eigenvalue weighted by Gasteiger charge is -2.05. The topological polar surface area (TPSA) is 90.7 Å². The minimum atomic E-state index is -0.657. The smallest absolute Gasteiger partial charge is 0.269 e. The standard InChI is InChI=1S/C11H14N2O4/c12-10(14)7-17-13-11(15)8-16-6-9-4-2-1-3-5-9/h1-5H,6-8H2,(H2,12,14)(H,13,15). The van der Waals surface area contributed by atoms with Crippen molar-refractivity contribution in [2.24, 2.45) is 5.73 Å². The maximum atomic E-state index is 11.1. The molecule has 17 heavy (non-hydrogen) atoms. The van der Waals surface area contributed by atoms with Gasteiger partial charge >= 0.3 is 0 Å². The van der Waals surface area contributed by atoms with Crippen molar-refractivity contribution in [3.8, 4) is 0 Å². The highest BCUT2D eigenvalue weighted by Gasteiger charge is 2.02. The number of hydrogen-bond acceptors (Lipinski definition) is 4. The summed E-state index contributed by atoms with van der Waals surface area (Å²) in [6, 6.07) is 9.44. The van der Waals surface area contributed by atoms with Gasteiger partial charge in [-0.3, -0.25) is 14.4 Å². The Morgan fingerprint density at radius 3 is 2.53 bits per heavy atom. The van der Waals surface area contributed by atoms with E-state index in [4.69, 9.17) is 10.5 Å². The molecule has 1 aromatic rings. The second-order valence-corrected chi connectivity index (χ2v) is 3.26. The van der Waals surface area contributed by atoms with E-state index in [1.807, 2.05) is 35.8 Å². The van der Waals surface area contributed by atoms with Crippen molar-refractivity contribution < 1.29 is 19.2 Å². The van der Waals surface area contributed by atoms with E-state index in [-0.39, 0.29) is 13.2 Å². The monoisotopic (exact) mass is 238 g/mol. The van der Waals surface area contributed by atoms with Gasteiger partial charge in [-0.25, -0.2) is 5.48 Å². The summed E-state index contributed by atoms with van der Waals surface area (Å²) in [6.07, 6.45) is 0. The van der Waals surface area contributed by atoms with Crippen LogP contribution in [-0.4, -0.2) is 25.0 Å². The van der Waals surface area contributed by atoms with Gasteiger partial charge in [0.25, 0.3) is 5.91 Å². The molecule has 0 unspecified atom stereocenters. The molecule has 0 aromatic heterocycles. The number of amides is 2. The molecule has 3 N–H and O–H groups in total. The van der Waals surface area contributed by atoms with Crippen LogP contribution in [0.2, 0.25) is 0 Å². The Bertz CT molecular complexity index is 367. The summed E-state index contributed by atoms with van der Waals surface area (Å²) in [5, 5.41) is 0. The van der Waals surface area contributed by atoms with Crippen LogP contribution in [0.15, 0.2) is 30.3 Å². The Labute approximate surface area is 98.7 Å². The van der Waals surface area contributed by atoms with Gasteiger partial charge < -0.3 is 10.5 Å². The third-order valence-electron chi connectivity index (χ3n) is 1.75. The maximum absolute atomic E-state index is 11.1. The molecule has 92 valence electrons.